The fourth-order valence-electron chi connectivity index (χ4n) is 3.94. The topological polar surface area (TPSA) is 84.9 Å². The summed E-state index contributed by atoms with van der Waals surface area (Å²) in [5.74, 6) is 2.74. The van der Waals surface area contributed by atoms with Gasteiger partial charge in [-0.3, -0.25) is 0 Å². The van der Waals surface area contributed by atoms with Crippen LogP contribution in [-0.2, 0) is 6.54 Å². The Morgan fingerprint density at radius 2 is 2.16 bits per heavy atom. The summed E-state index contributed by atoms with van der Waals surface area (Å²) in [7, 11) is 0. The zero-order valence-electron chi connectivity index (χ0n) is 17.3. The minimum absolute atomic E-state index is 0.189. The molecule has 1 saturated heterocycles. The summed E-state index contributed by atoms with van der Waals surface area (Å²) in [5, 5.41) is 4.27. The first-order valence-corrected chi connectivity index (χ1v) is 12.0. The maximum absolute atomic E-state index is 6.24. The molecule has 1 aliphatic heterocycles. The van der Waals surface area contributed by atoms with Crippen molar-refractivity contribution in [3.05, 3.63) is 58.6 Å². The molecule has 0 saturated carbocycles. The summed E-state index contributed by atoms with van der Waals surface area (Å²) in [6, 6.07) is 10.6. The van der Waals surface area contributed by atoms with Crippen LogP contribution in [-0.4, -0.2) is 38.7 Å². The number of benzene rings is 1. The summed E-state index contributed by atoms with van der Waals surface area (Å²) >= 11 is 5.15. The molecule has 9 heteroatoms. The Hall–Kier alpha value is -2.49. The standard InChI is InChI=1S/C22H24BrN7S/c1-14-25-6-8-29(14)12-15-9-20(27-21(10-15)30-7-2-3-17(24)13-30)28-22-26-18-5-4-16(23)11-19(18)31-22/h4-6,8-11,17H,2-3,7,12-13,24H2,1H3,(H,26,27,28). The first-order valence-electron chi connectivity index (χ1n) is 10.4. The Kier molecular flexibility index (Phi) is 5.64. The van der Waals surface area contributed by atoms with Crippen molar-refractivity contribution in [3.63, 3.8) is 0 Å². The molecule has 3 aromatic heterocycles. The molecule has 0 spiro atoms. The smallest absolute Gasteiger partial charge is 0.189 e. The highest BCUT2D eigenvalue weighted by Gasteiger charge is 2.19. The van der Waals surface area contributed by atoms with Gasteiger partial charge < -0.3 is 20.5 Å². The first kappa shape index (κ1) is 20.4. The predicted octanol–water partition coefficient (Wildman–Crippen LogP) is 4.68. The van der Waals surface area contributed by atoms with Crippen LogP contribution in [0.2, 0.25) is 0 Å². The summed E-state index contributed by atoms with van der Waals surface area (Å²) in [4.78, 5) is 16.3. The lowest BCUT2D eigenvalue weighted by molar-refractivity contribution is 0.503. The van der Waals surface area contributed by atoms with Crippen molar-refractivity contribution in [2.75, 3.05) is 23.3 Å². The molecule has 4 heterocycles. The summed E-state index contributed by atoms with van der Waals surface area (Å²) < 4.78 is 4.32. The van der Waals surface area contributed by atoms with Crippen molar-refractivity contribution in [1.82, 2.24) is 19.5 Å². The molecule has 160 valence electrons. The van der Waals surface area contributed by atoms with E-state index in [1.54, 1.807) is 11.3 Å². The molecule has 5 rings (SSSR count). The second kappa shape index (κ2) is 8.57. The molecule has 31 heavy (non-hydrogen) atoms. The van der Waals surface area contributed by atoms with E-state index >= 15 is 0 Å². The van der Waals surface area contributed by atoms with E-state index in [4.69, 9.17) is 15.7 Å². The number of rotatable bonds is 5. The van der Waals surface area contributed by atoms with Crippen molar-refractivity contribution in [2.24, 2.45) is 5.73 Å². The first-order chi connectivity index (χ1) is 15.0. The maximum Gasteiger partial charge on any atom is 0.189 e. The van der Waals surface area contributed by atoms with Crippen molar-refractivity contribution in [1.29, 1.82) is 0 Å². The third-order valence-electron chi connectivity index (χ3n) is 5.52. The van der Waals surface area contributed by atoms with E-state index in [0.717, 1.165) is 75.3 Å². The predicted molar refractivity (Wildman–Crippen MR) is 130 cm³/mol. The number of hydrogen-bond donors (Lipinski definition) is 2. The number of pyridine rings is 1. The Morgan fingerprint density at radius 3 is 2.97 bits per heavy atom. The van der Waals surface area contributed by atoms with Gasteiger partial charge in [0.05, 0.1) is 10.2 Å². The summed E-state index contributed by atoms with van der Waals surface area (Å²) in [6.45, 7) is 4.56. The van der Waals surface area contributed by atoms with Gasteiger partial charge in [-0.15, -0.1) is 0 Å². The van der Waals surface area contributed by atoms with Gasteiger partial charge in [0.25, 0.3) is 0 Å². The van der Waals surface area contributed by atoms with Gasteiger partial charge in [-0.25, -0.2) is 15.0 Å². The SMILES string of the molecule is Cc1nccn1Cc1cc(Nc2nc3ccc(Br)cc3s2)nc(N2CCCC(N)C2)c1. The number of fused-ring (bicyclic) bond motifs is 1. The van der Waals surface area contributed by atoms with Gasteiger partial charge in [-0.05, 0) is 55.7 Å². The highest BCUT2D eigenvalue weighted by Crippen LogP contribution is 2.31. The van der Waals surface area contributed by atoms with E-state index in [-0.39, 0.29) is 6.04 Å². The van der Waals surface area contributed by atoms with Crippen LogP contribution in [0.25, 0.3) is 10.2 Å². The molecule has 1 unspecified atom stereocenters. The van der Waals surface area contributed by atoms with E-state index in [9.17, 15) is 0 Å². The van der Waals surface area contributed by atoms with Crippen molar-refractivity contribution in [2.45, 2.75) is 32.4 Å². The zero-order chi connectivity index (χ0) is 21.4. The number of nitrogens with zero attached hydrogens (tertiary/aromatic N) is 5. The number of aryl methyl sites for hydroxylation is 1. The lowest BCUT2D eigenvalue weighted by Crippen LogP contribution is -2.43. The number of aromatic nitrogens is 4. The largest absolute Gasteiger partial charge is 0.355 e. The number of anilines is 3. The molecule has 1 aliphatic rings. The molecule has 1 aromatic carbocycles. The highest BCUT2D eigenvalue weighted by molar-refractivity contribution is 9.10. The lowest BCUT2D eigenvalue weighted by Gasteiger charge is -2.32. The number of imidazole rings is 1. The number of hydrogen-bond acceptors (Lipinski definition) is 7. The molecule has 1 atom stereocenters. The van der Waals surface area contributed by atoms with Gasteiger partial charge in [0.2, 0.25) is 0 Å². The average Bonchev–Trinajstić information content (AvgIpc) is 3.32. The van der Waals surface area contributed by atoms with Crippen LogP contribution in [0.15, 0.2) is 47.2 Å². The van der Waals surface area contributed by atoms with Crippen LogP contribution in [0.5, 0.6) is 0 Å². The number of halogens is 1. The Labute approximate surface area is 193 Å². The average molecular weight is 498 g/mol. The monoisotopic (exact) mass is 497 g/mol. The number of piperidine rings is 1. The molecular formula is C22H24BrN7S. The summed E-state index contributed by atoms with van der Waals surface area (Å²) in [5.41, 5.74) is 8.38. The number of thiazole rings is 1. The van der Waals surface area contributed by atoms with Crippen LogP contribution < -0.4 is 16.0 Å². The zero-order valence-corrected chi connectivity index (χ0v) is 19.7. The molecule has 0 amide bonds. The second-order valence-electron chi connectivity index (χ2n) is 7.93. The molecule has 0 aliphatic carbocycles. The van der Waals surface area contributed by atoms with Gasteiger partial charge in [0, 0.05) is 42.5 Å². The fourth-order valence-corrected chi connectivity index (χ4v) is 5.36. The van der Waals surface area contributed by atoms with Crippen LogP contribution in [0, 0.1) is 6.92 Å². The Balaban J connectivity index is 1.48. The molecular weight excluding hydrogens is 474 g/mol. The quantitative estimate of drug-likeness (QED) is 0.416. The third kappa shape index (κ3) is 4.58. The molecule has 3 N–H and O–H groups in total. The minimum Gasteiger partial charge on any atom is -0.355 e. The van der Waals surface area contributed by atoms with Gasteiger partial charge in [-0.1, -0.05) is 27.3 Å². The fraction of sp³-hybridized carbons (Fsp3) is 0.318. The van der Waals surface area contributed by atoms with Crippen molar-refractivity contribution < 1.29 is 0 Å². The minimum atomic E-state index is 0.189. The lowest BCUT2D eigenvalue weighted by atomic mass is 10.1. The number of nitrogens with one attached hydrogen (secondary N) is 1. The highest BCUT2D eigenvalue weighted by atomic mass is 79.9. The van der Waals surface area contributed by atoms with Gasteiger partial charge >= 0.3 is 0 Å². The third-order valence-corrected chi connectivity index (χ3v) is 6.94. The number of nitrogens with two attached hydrogens (primary N) is 1. The molecule has 7 nitrogen and oxygen atoms in total. The van der Waals surface area contributed by atoms with Crippen LogP contribution >= 0.6 is 27.3 Å². The van der Waals surface area contributed by atoms with Crippen molar-refractivity contribution in [3.8, 4) is 0 Å². The van der Waals surface area contributed by atoms with E-state index < -0.39 is 0 Å². The van der Waals surface area contributed by atoms with Gasteiger partial charge in [0.1, 0.15) is 17.5 Å². The Morgan fingerprint density at radius 1 is 1.26 bits per heavy atom. The molecule has 4 aromatic rings. The van der Waals surface area contributed by atoms with Crippen LogP contribution in [0.3, 0.4) is 0 Å². The van der Waals surface area contributed by atoms with Gasteiger partial charge in [-0.2, -0.15) is 0 Å². The molecule has 0 bridgehead atoms. The molecule has 1 fully saturated rings. The summed E-state index contributed by atoms with van der Waals surface area (Å²) in [6.07, 6.45) is 5.99. The van der Waals surface area contributed by atoms with E-state index in [1.807, 2.05) is 31.5 Å². The normalized spacial score (nSPS) is 16.7. The Bertz CT molecular complexity index is 1220. The second-order valence-corrected chi connectivity index (χ2v) is 9.87. The van der Waals surface area contributed by atoms with Crippen molar-refractivity contribution >= 4 is 54.3 Å². The maximum atomic E-state index is 6.24. The van der Waals surface area contributed by atoms with Crippen LogP contribution in [0.1, 0.15) is 24.2 Å². The van der Waals surface area contributed by atoms with Gasteiger partial charge in [0.15, 0.2) is 5.13 Å². The molecule has 0 radical (unpaired) electrons. The van der Waals surface area contributed by atoms with E-state index in [1.165, 1.54) is 0 Å². The van der Waals surface area contributed by atoms with Crippen LogP contribution in [0.4, 0.5) is 16.8 Å². The van der Waals surface area contributed by atoms with E-state index in [2.05, 4.69) is 53.9 Å². The van der Waals surface area contributed by atoms with E-state index in [0.29, 0.717) is 0 Å².